The molecule has 1 amide bonds. The summed E-state index contributed by atoms with van der Waals surface area (Å²) in [6, 6.07) is 8.90. The molecule has 2 N–H and O–H groups in total. The molecule has 0 radical (unpaired) electrons. The van der Waals surface area contributed by atoms with Crippen LogP contribution in [0.4, 0.5) is 0 Å². The summed E-state index contributed by atoms with van der Waals surface area (Å²) >= 11 is 5.96. The molecule has 0 bridgehead atoms. The van der Waals surface area contributed by atoms with Gasteiger partial charge >= 0.3 is 0 Å². The van der Waals surface area contributed by atoms with Crippen LogP contribution in [-0.4, -0.2) is 30.7 Å². The molecule has 1 unspecified atom stereocenters. The van der Waals surface area contributed by atoms with Crippen molar-refractivity contribution in [3.05, 3.63) is 41.0 Å². The summed E-state index contributed by atoms with van der Waals surface area (Å²) in [6.07, 6.45) is 3.42. The number of hydrogen-bond donors (Lipinski definition) is 2. The van der Waals surface area contributed by atoms with Crippen molar-refractivity contribution in [2.45, 2.75) is 19.3 Å². The highest BCUT2D eigenvalue weighted by molar-refractivity contribution is 6.30. The van der Waals surface area contributed by atoms with Crippen LogP contribution in [0.2, 0.25) is 5.02 Å². The highest BCUT2D eigenvalue weighted by Gasteiger charge is 2.16. The predicted octanol–water partition coefficient (Wildman–Crippen LogP) is 3.54. The number of halogens is 2. The van der Waals surface area contributed by atoms with Gasteiger partial charge in [-0.2, -0.15) is 0 Å². The van der Waals surface area contributed by atoms with Gasteiger partial charge in [0.15, 0.2) is 11.5 Å². The second-order valence-corrected chi connectivity index (χ2v) is 6.28. The van der Waals surface area contributed by atoms with Gasteiger partial charge in [0, 0.05) is 23.2 Å². The summed E-state index contributed by atoms with van der Waals surface area (Å²) in [5.41, 5.74) is 1.10. The van der Waals surface area contributed by atoms with Crippen LogP contribution in [0.25, 0.3) is 11.3 Å². The molecule has 1 aliphatic heterocycles. The fourth-order valence-corrected chi connectivity index (χ4v) is 3.00. The zero-order chi connectivity index (χ0) is 16.1. The molecule has 1 atom stereocenters. The van der Waals surface area contributed by atoms with Crippen LogP contribution in [0.5, 0.6) is 0 Å². The lowest BCUT2D eigenvalue weighted by Crippen LogP contribution is -2.33. The fourth-order valence-electron chi connectivity index (χ4n) is 2.81. The minimum absolute atomic E-state index is 0. The Kier molecular flexibility index (Phi) is 7.09. The van der Waals surface area contributed by atoms with Gasteiger partial charge in [-0.1, -0.05) is 28.9 Å². The van der Waals surface area contributed by atoms with Gasteiger partial charge in [-0.25, -0.2) is 0 Å². The van der Waals surface area contributed by atoms with E-state index in [0.717, 1.165) is 25.1 Å². The van der Waals surface area contributed by atoms with Crippen LogP contribution in [0, 0.1) is 5.92 Å². The molecule has 1 saturated heterocycles. The van der Waals surface area contributed by atoms with Gasteiger partial charge in [-0.05, 0) is 50.4 Å². The molecule has 0 saturated carbocycles. The van der Waals surface area contributed by atoms with Crippen molar-refractivity contribution >= 4 is 29.9 Å². The maximum atomic E-state index is 12.1. The zero-order valence-electron chi connectivity index (χ0n) is 13.3. The molecule has 1 aromatic carbocycles. The Labute approximate surface area is 152 Å². The van der Waals surface area contributed by atoms with Crippen molar-refractivity contribution < 1.29 is 9.32 Å². The third kappa shape index (κ3) is 4.97. The Bertz CT molecular complexity index is 669. The Balaban J connectivity index is 0.00000208. The number of rotatable bonds is 5. The van der Waals surface area contributed by atoms with E-state index in [2.05, 4.69) is 15.8 Å². The van der Waals surface area contributed by atoms with Crippen molar-refractivity contribution in [2.24, 2.45) is 5.92 Å². The van der Waals surface area contributed by atoms with Crippen molar-refractivity contribution in [1.29, 1.82) is 0 Å². The Morgan fingerprint density at radius 1 is 1.42 bits per heavy atom. The first-order chi connectivity index (χ1) is 11.2. The monoisotopic (exact) mass is 369 g/mol. The standard InChI is InChI=1S/C17H20ClN3O2.ClH/c18-14-5-1-4-13(9-14)16-10-15(21-23-16)17(22)20-8-6-12-3-2-7-19-11-12;/h1,4-5,9-10,12,19H,2-3,6-8,11H2,(H,20,22);1H. The molecule has 7 heteroatoms. The first kappa shape index (κ1) is 18.8. The van der Waals surface area contributed by atoms with E-state index in [1.165, 1.54) is 12.8 Å². The minimum Gasteiger partial charge on any atom is -0.355 e. The van der Waals surface area contributed by atoms with Gasteiger partial charge in [0.05, 0.1) is 0 Å². The average molecular weight is 370 g/mol. The van der Waals surface area contributed by atoms with E-state index in [-0.39, 0.29) is 18.3 Å². The molecular weight excluding hydrogens is 349 g/mol. The second-order valence-electron chi connectivity index (χ2n) is 5.84. The smallest absolute Gasteiger partial charge is 0.273 e. The number of aromatic nitrogens is 1. The first-order valence-electron chi connectivity index (χ1n) is 7.94. The van der Waals surface area contributed by atoms with E-state index in [1.807, 2.05) is 12.1 Å². The molecule has 1 fully saturated rings. The highest BCUT2D eigenvalue weighted by atomic mass is 35.5. The number of carbonyl (C=O) groups is 1. The third-order valence-electron chi connectivity index (χ3n) is 4.09. The molecule has 3 rings (SSSR count). The van der Waals surface area contributed by atoms with Crippen LogP contribution in [0.1, 0.15) is 29.8 Å². The van der Waals surface area contributed by atoms with E-state index >= 15 is 0 Å². The average Bonchev–Trinajstić information content (AvgIpc) is 3.06. The number of benzene rings is 1. The molecule has 1 aromatic heterocycles. The van der Waals surface area contributed by atoms with Crippen LogP contribution in [-0.2, 0) is 0 Å². The summed E-state index contributed by atoms with van der Waals surface area (Å²) in [7, 11) is 0. The number of piperidine rings is 1. The van der Waals surface area contributed by atoms with E-state index in [9.17, 15) is 4.79 Å². The van der Waals surface area contributed by atoms with E-state index < -0.39 is 0 Å². The normalized spacial score (nSPS) is 17.1. The lowest BCUT2D eigenvalue weighted by molar-refractivity contribution is 0.0941. The van der Waals surface area contributed by atoms with Crippen molar-refractivity contribution in [1.82, 2.24) is 15.8 Å². The maximum Gasteiger partial charge on any atom is 0.273 e. The van der Waals surface area contributed by atoms with Gasteiger partial charge in [0.25, 0.3) is 5.91 Å². The van der Waals surface area contributed by atoms with E-state index in [0.29, 0.717) is 28.9 Å². The molecule has 1 aliphatic rings. The van der Waals surface area contributed by atoms with Crippen molar-refractivity contribution in [3.8, 4) is 11.3 Å². The Morgan fingerprint density at radius 2 is 2.29 bits per heavy atom. The number of nitrogens with zero attached hydrogens (tertiary/aromatic N) is 1. The van der Waals surface area contributed by atoms with E-state index in [4.69, 9.17) is 16.1 Å². The summed E-state index contributed by atoms with van der Waals surface area (Å²) in [4.78, 5) is 12.1. The molecule has 2 aromatic rings. The molecule has 130 valence electrons. The zero-order valence-corrected chi connectivity index (χ0v) is 14.8. The van der Waals surface area contributed by atoms with Crippen molar-refractivity contribution in [2.75, 3.05) is 19.6 Å². The lowest BCUT2D eigenvalue weighted by atomic mass is 9.96. The van der Waals surface area contributed by atoms with Crippen LogP contribution in [0.15, 0.2) is 34.9 Å². The first-order valence-corrected chi connectivity index (χ1v) is 8.32. The SMILES string of the molecule is Cl.O=C(NCCC1CCCNC1)c1cc(-c2cccc(Cl)c2)on1. The minimum atomic E-state index is -0.203. The Hall–Kier alpha value is -1.56. The number of amides is 1. The molecule has 2 heterocycles. The molecule has 5 nitrogen and oxygen atoms in total. The molecule has 24 heavy (non-hydrogen) atoms. The maximum absolute atomic E-state index is 12.1. The lowest BCUT2D eigenvalue weighted by Gasteiger charge is -2.22. The van der Waals surface area contributed by atoms with Gasteiger partial charge in [0.1, 0.15) is 0 Å². The van der Waals surface area contributed by atoms with Gasteiger partial charge in [0.2, 0.25) is 0 Å². The molecular formula is C17H21Cl2N3O2. The Morgan fingerprint density at radius 3 is 3.04 bits per heavy atom. The number of nitrogens with one attached hydrogen (secondary N) is 2. The van der Waals surface area contributed by atoms with Gasteiger partial charge in [-0.15, -0.1) is 12.4 Å². The highest BCUT2D eigenvalue weighted by Crippen LogP contribution is 2.23. The van der Waals surface area contributed by atoms with Crippen LogP contribution < -0.4 is 10.6 Å². The molecule has 0 aliphatic carbocycles. The summed E-state index contributed by atoms with van der Waals surface area (Å²) in [6.45, 7) is 2.80. The van der Waals surface area contributed by atoms with Gasteiger partial charge < -0.3 is 15.2 Å². The summed E-state index contributed by atoms with van der Waals surface area (Å²) in [5, 5.41) is 10.7. The predicted molar refractivity (Wildman–Crippen MR) is 96.7 cm³/mol. The van der Waals surface area contributed by atoms with Crippen LogP contribution >= 0.6 is 24.0 Å². The summed E-state index contributed by atoms with van der Waals surface area (Å²) < 4.78 is 5.24. The second kappa shape index (κ2) is 9.06. The fraction of sp³-hybridized carbons (Fsp3) is 0.412. The number of carbonyl (C=O) groups excluding carboxylic acids is 1. The quantitative estimate of drug-likeness (QED) is 0.845. The third-order valence-corrected chi connectivity index (χ3v) is 4.32. The summed E-state index contributed by atoms with van der Waals surface area (Å²) in [5.74, 6) is 0.975. The molecule has 0 spiro atoms. The van der Waals surface area contributed by atoms with Gasteiger partial charge in [-0.3, -0.25) is 4.79 Å². The topological polar surface area (TPSA) is 67.2 Å². The largest absolute Gasteiger partial charge is 0.355 e. The van der Waals surface area contributed by atoms with Crippen LogP contribution in [0.3, 0.4) is 0 Å². The number of hydrogen-bond acceptors (Lipinski definition) is 4. The van der Waals surface area contributed by atoms with Crippen molar-refractivity contribution in [3.63, 3.8) is 0 Å². The van der Waals surface area contributed by atoms with E-state index in [1.54, 1.807) is 18.2 Å².